The molecule has 3 saturated carbocycles. The van der Waals surface area contributed by atoms with Crippen LogP contribution < -0.4 is 5.73 Å². The van der Waals surface area contributed by atoms with Crippen molar-refractivity contribution in [1.82, 2.24) is 4.90 Å². The molecule has 5 unspecified atom stereocenters. The highest BCUT2D eigenvalue weighted by Crippen LogP contribution is 2.67. The Morgan fingerprint density at radius 1 is 1.00 bits per heavy atom. The first-order valence-electron chi connectivity index (χ1n) is 6.34. The van der Waals surface area contributed by atoms with Crippen molar-refractivity contribution in [2.45, 2.75) is 37.8 Å². The molecule has 0 aromatic carbocycles. The quantitative estimate of drug-likeness (QED) is 0.673. The molecule has 1 aliphatic heterocycles. The fourth-order valence-corrected chi connectivity index (χ4v) is 4.85. The molecule has 0 aromatic rings. The summed E-state index contributed by atoms with van der Waals surface area (Å²) < 4.78 is 0. The molecule has 0 spiro atoms. The fourth-order valence-electron chi connectivity index (χ4n) is 4.85. The maximum Gasteiger partial charge on any atom is 0.0180 e. The van der Waals surface area contributed by atoms with E-state index in [-0.39, 0.29) is 0 Å². The second-order valence-electron chi connectivity index (χ2n) is 6.02. The van der Waals surface area contributed by atoms with Crippen LogP contribution in [0, 0.1) is 23.7 Å². The van der Waals surface area contributed by atoms with Crippen molar-refractivity contribution in [2.75, 3.05) is 13.1 Å². The molecule has 0 amide bonds. The van der Waals surface area contributed by atoms with Gasteiger partial charge in [-0.15, -0.1) is 0 Å². The largest absolute Gasteiger partial charge is 0.326 e. The molecular weight excluding hydrogens is 172 g/mol. The van der Waals surface area contributed by atoms with E-state index in [0.717, 1.165) is 29.7 Å². The lowest BCUT2D eigenvalue weighted by atomic mass is 10.0. The Morgan fingerprint density at radius 2 is 1.71 bits per heavy atom. The van der Waals surface area contributed by atoms with Crippen molar-refractivity contribution >= 4 is 0 Å². The van der Waals surface area contributed by atoms with E-state index in [1.165, 1.54) is 19.5 Å². The topological polar surface area (TPSA) is 29.3 Å². The highest BCUT2D eigenvalue weighted by atomic mass is 15.2. The maximum absolute atomic E-state index is 5.98. The summed E-state index contributed by atoms with van der Waals surface area (Å²) in [6.07, 6.45) is 5.90. The minimum absolute atomic E-state index is 0.481. The molecule has 2 N–H and O–H groups in total. The predicted octanol–water partition coefficient (Wildman–Crippen LogP) is 1.06. The lowest BCUT2D eigenvalue weighted by molar-refractivity contribution is 0.264. The number of nitrogens with zero attached hydrogens (tertiary/aromatic N) is 1. The molecule has 0 radical (unpaired) electrons. The molecule has 2 nitrogen and oxygen atoms in total. The van der Waals surface area contributed by atoms with Crippen LogP contribution in [0.5, 0.6) is 0 Å². The minimum Gasteiger partial charge on any atom is -0.326 e. The van der Waals surface area contributed by atoms with Gasteiger partial charge in [0, 0.05) is 25.2 Å². The summed E-state index contributed by atoms with van der Waals surface area (Å²) in [5.74, 6) is 4.46. The number of hydrogen-bond acceptors (Lipinski definition) is 2. The van der Waals surface area contributed by atoms with Crippen molar-refractivity contribution in [3.05, 3.63) is 0 Å². The van der Waals surface area contributed by atoms with Gasteiger partial charge < -0.3 is 5.73 Å². The van der Waals surface area contributed by atoms with E-state index in [4.69, 9.17) is 5.73 Å². The first kappa shape index (κ1) is 8.12. The van der Waals surface area contributed by atoms with E-state index in [1.807, 2.05) is 0 Å². The van der Waals surface area contributed by atoms with Crippen LogP contribution in [0.1, 0.15) is 25.7 Å². The molecule has 1 saturated heterocycles. The minimum atomic E-state index is 0.481. The third-order valence-electron chi connectivity index (χ3n) is 5.37. The third kappa shape index (κ3) is 0.892. The van der Waals surface area contributed by atoms with Crippen molar-refractivity contribution in [1.29, 1.82) is 0 Å². The zero-order chi connectivity index (χ0) is 9.28. The molecule has 2 bridgehead atoms. The summed E-state index contributed by atoms with van der Waals surface area (Å²) in [6, 6.07) is 1.46. The van der Waals surface area contributed by atoms with Crippen molar-refractivity contribution < 1.29 is 0 Å². The molecule has 78 valence electrons. The Hall–Kier alpha value is -0.0800. The van der Waals surface area contributed by atoms with Crippen LogP contribution in [0.15, 0.2) is 0 Å². The van der Waals surface area contributed by atoms with Gasteiger partial charge in [-0.1, -0.05) is 0 Å². The van der Waals surface area contributed by atoms with Gasteiger partial charge in [-0.2, -0.15) is 0 Å². The van der Waals surface area contributed by atoms with Crippen molar-refractivity contribution in [2.24, 2.45) is 29.4 Å². The highest BCUT2D eigenvalue weighted by Gasteiger charge is 2.66. The zero-order valence-electron chi connectivity index (χ0n) is 8.73. The van der Waals surface area contributed by atoms with Crippen LogP contribution in [0.25, 0.3) is 0 Å². The molecular formula is C12H20N2. The zero-order valence-corrected chi connectivity index (χ0v) is 8.73. The van der Waals surface area contributed by atoms with E-state index < -0.39 is 0 Å². The normalized spacial score (nSPS) is 60.6. The molecule has 1 heterocycles. The Bertz CT molecular complexity index is 249. The summed E-state index contributed by atoms with van der Waals surface area (Å²) in [7, 11) is 0. The molecule has 4 aliphatic rings. The molecule has 3 aliphatic carbocycles. The van der Waals surface area contributed by atoms with E-state index >= 15 is 0 Å². The van der Waals surface area contributed by atoms with E-state index in [1.54, 1.807) is 19.3 Å². The number of rotatable bonds is 1. The lowest BCUT2D eigenvalue weighted by Crippen LogP contribution is -2.31. The summed E-state index contributed by atoms with van der Waals surface area (Å²) in [5, 5.41) is 0. The highest BCUT2D eigenvalue weighted by molar-refractivity contribution is 5.18. The summed E-state index contributed by atoms with van der Waals surface area (Å²) in [4.78, 5) is 2.71. The van der Waals surface area contributed by atoms with Gasteiger partial charge in [-0.25, -0.2) is 0 Å². The summed E-state index contributed by atoms with van der Waals surface area (Å²) in [5.41, 5.74) is 5.98. The Labute approximate surface area is 85.8 Å². The van der Waals surface area contributed by atoms with E-state index in [2.05, 4.69) is 4.90 Å². The average molecular weight is 192 g/mol. The number of nitrogens with two attached hydrogens (primary N) is 1. The van der Waals surface area contributed by atoms with Crippen LogP contribution >= 0.6 is 0 Å². The first-order chi connectivity index (χ1) is 6.84. The summed E-state index contributed by atoms with van der Waals surface area (Å²) >= 11 is 0. The van der Waals surface area contributed by atoms with Crippen molar-refractivity contribution in [3.8, 4) is 0 Å². The van der Waals surface area contributed by atoms with Gasteiger partial charge in [0.2, 0.25) is 0 Å². The van der Waals surface area contributed by atoms with Gasteiger partial charge in [0.25, 0.3) is 0 Å². The molecule has 5 atom stereocenters. The number of hydrogen-bond donors (Lipinski definition) is 1. The van der Waals surface area contributed by atoms with E-state index in [0.29, 0.717) is 6.04 Å². The van der Waals surface area contributed by atoms with Gasteiger partial charge in [0.1, 0.15) is 0 Å². The molecule has 14 heavy (non-hydrogen) atoms. The predicted molar refractivity (Wildman–Crippen MR) is 55.8 cm³/mol. The number of likely N-dealkylation sites (tertiary alicyclic amines) is 1. The molecule has 0 aromatic heterocycles. The van der Waals surface area contributed by atoms with Gasteiger partial charge >= 0.3 is 0 Å². The molecule has 2 heteroatoms. The van der Waals surface area contributed by atoms with Crippen LogP contribution in [-0.4, -0.2) is 30.1 Å². The Balaban J connectivity index is 1.51. The SMILES string of the molecule is NC1CCN(C2C3C4CCC(C4)C32)C1. The Kier molecular flexibility index (Phi) is 1.47. The molecule has 4 rings (SSSR count). The standard InChI is InChI=1S/C12H20N2/c13-9-3-4-14(6-9)12-10-7-1-2-8(5-7)11(10)12/h7-12H,1-6,13H2. The second kappa shape index (κ2) is 2.53. The van der Waals surface area contributed by atoms with Gasteiger partial charge in [0.15, 0.2) is 0 Å². The summed E-state index contributed by atoms with van der Waals surface area (Å²) in [6.45, 7) is 2.48. The van der Waals surface area contributed by atoms with Crippen LogP contribution in [0.3, 0.4) is 0 Å². The van der Waals surface area contributed by atoms with Crippen LogP contribution in [-0.2, 0) is 0 Å². The van der Waals surface area contributed by atoms with Gasteiger partial charge in [0.05, 0.1) is 0 Å². The average Bonchev–Trinajstić information content (AvgIpc) is 2.58. The van der Waals surface area contributed by atoms with E-state index in [9.17, 15) is 0 Å². The molecule has 4 fully saturated rings. The van der Waals surface area contributed by atoms with Crippen LogP contribution in [0.4, 0.5) is 0 Å². The number of fused-ring (bicyclic) bond motifs is 5. The van der Waals surface area contributed by atoms with Gasteiger partial charge in [-0.05, 0) is 49.4 Å². The smallest absolute Gasteiger partial charge is 0.0180 e. The lowest BCUT2D eigenvalue weighted by Gasteiger charge is -2.19. The monoisotopic (exact) mass is 192 g/mol. The van der Waals surface area contributed by atoms with Gasteiger partial charge in [-0.3, -0.25) is 4.90 Å². The fraction of sp³-hybridized carbons (Fsp3) is 1.00. The van der Waals surface area contributed by atoms with Crippen molar-refractivity contribution in [3.63, 3.8) is 0 Å². The first-order valence-corrected chi connectivity index (χ1v) is 6.34. The Morgan fingerprint density at radius 3 is 2.29 bits per heavy atom. The van der Waals surface area contributed by atoms with Crippen LogP contribution in [0.2, 0.25) is 0 Å². The maximum atomic E-state index is 5.98. The second-order valence-corrected chi connectivity index (χ2v) is 6.02. The third-order valence-corrected chi connectivity index (χ3v) is 5.37.